The van der Waals surface area contributed by atoms with Crippen molar-refractivity contribution < 1.29 is 32.9 Å². The fourth-order valence-corrected chi connectivity index (χ4v) is 5.88. The number of aromatic nitrogens is 1. The average molecular weight is 559 g/mol. The number of fused-ring (bicyclic) bond motifs is 1. The zero-order valence-electron chi connectivity index (χ0n) is 22.7. The molecule has 1 saturated heterocycles. The molecule has 1 fully saturated rings. The van der Waals surface area contributed by atoms with Gasteiger partial charge in [-0.05, 0) is 105 Å². The van der Waals surface area contributed by atoms with Crippen molar-refractivity contribution in [3.8, 4) is 5.75 Å². The highest BCUT2D eigenvalue weighted by Gasteiger charge is 2.31. The Kier molecular flexibility index (Phi) is 10.0. The first-order chi connectivity index (χ1) is 19.1. The molecule has 40 heavy (non-hydrogen) atoms. The van der Waals surface area contributed by atoms with Gasteiger partial charge in [-0.1, -0.05) is 18.2 Å². The Labute approximate surface area is 232 Å². The van der Waals surface area contributed by atoms with Crippen LogP contribution >= 0.6 is 0 Å². The Hall–Kier alpha value is -3.17. The number of ether oxygens (including phenoxy) is 1. The number of aliphatic hydroxyl groups is 1. The van der Waals surface area contributed by atoms with Gasteiger partial charge in [0.15, 0.2) is 0 Å². The summed E-state index contributed by atoms with van der Waals surface area (Å²) in [4.78, 5) is 18.0. The zero-order valence-corrected chi connectivity index (χ0v) is 22.7. The minimum atomic E-state index is -4.35. The number of nitrogens with zero attached hydrogens (tertiary/aromatic N) is 2. The van der Waals surface area contributed by atoms with Gasteiger partial charge in [0.25, 0.3) is 0 Å². The summed E-state index contributed by atoms with van der Waals surface area (Å²) in [5.74, 6) is 0.344. The number of hydrogen-bond acceptors (Lipinski definition) is 5. The Morgan fingerprint density at radius 1 is 1.15 bits per heavy atom. The molecule has 0 aliphatic carbocycles. The van der Waals surface area contributed by atoms with Crippen LogP contribution in [0.15, 0.2) is 54.7 Å². The van der Waals surface area contributed by atoms with Gasteiger partial charge in [-0.3, -0.25) is 9.78 Å². The van der Waals surface area contributed by atoms with Crippen LogP contribution in [0.5, 0.6) is 5.75 Å². The van der Waals surface area contributed by atoms with Gasteiger partial charge in [0.05, 0.1) is 24.3 Å². The van der Waals surface area contributed by atoms with E-state index in [1.54, 1.807) is 19.4 Å². The summed E-state index contributed by atoms with van der Waals surface area (Å²) in [7, 11) is 1.60. The Morgan fingerprint density at radius 2 is 1.98 bits per heavy atom. The van der Waals surface area contributed by atoms with Crippen LogP contribution in [0.4, 0.5) is 13.2 Å². The number of carboxylic acids is 1. The third-order valence-electron chi connectivity index (χ3n) is 8.05. The second-order valence-corrected chi connectivity index (χ2v) is 10.7. The number of halogens is 3. The first-order valence-corrected chi connectivity index (χ1v) is 13.8. The molecule has 4 rings (SSSR count). The van der Waals surface area contributed by atoms with Gasteiger partial charge in [0, 0.05) is 24.5 Å². The predicted molar refractivity (Wildman–Crippen MR) is 147 cm³/mol. The average Bonchev–Trinajstić information content (AvgIpc) is 2.94. The van der Waals surface area contributed by atoms with Crippen LogP contribution in [0.25, 0.3) is 10.9 Å². The number of methoxy groups -OCH3 is 1. The van der Waals surface area contributed by atoms with E-state index in [0.29, 0.717) is 30.6 Å². The molecular weight excluding hydrogens is 521 g/mol. The number of carboxylic acid groups (broad SMARTS) is 1. The number of aliphatic hydroxyl groups excluding tert-OH is 1. The highest BCUT2D eigenvalue weighted by atomic mass is 19.4. The lowest BCUT2D eigenvalue weighted by molar-refractivity contribution is -0.138. The summed E-state index contributed by atoms with van der Waals surface area (Å²) in [5.41, 5.74) is 1.64. The molecule has 0 spiro atoms. The van der Waals surface area contributed by atoms with Crippen molar-refractivity contribution in [2.75, 3.05) is 26.7 Å². The Bertz CT molecular complexity index is 1280. The van der Waals surface area contributed by atoms with E-state index in [1.807, 2.05) is 24.3 Å². The van der Waals surface area contributed by atoms with E-state index in [4.69, 9.17) is 4.74 Å². The van der Waals surface area contributed by atoms with Crippen LogP contribution < -0.4 is 4.74 Å². The van der Waals surface area contributed by atoms with Gasteiger partial charge in [-0.25, -0.2) is 0 Å². The third kappa shape index (κ3) is 7.95. The fourth-order valence-electron chi connectivity index (χ4n) is 5.88. The molecule has 3 atom stereocenters. The van der Waals surface area contributed by atoms with Crippen LogP contribution in [0.1, 0.15) is 61.3 Å². The van der Waals surface area contributed by atoms with E-state index < -0.39 is 23.8 Å². The molecule has 0 amide bonds. The van der Waals surface area contributed by atoms with Crippen molar-refractivity contribution in [3.63, 3.8) is 0 Å². The number of benzene rings is 2. The first kappa shape index (κ1) is 29.8. The number of piperidine rings is 1. The second-order valence-electron chi connectivity index (χ2n) is 10.7. The van der Waals surface area contributed by atoms with Crippen LogP contribution in [0.3, 0.4) is 0 Å². The summed E-state index contributed by atoms with van der Waals surface area (Å²) in [6, 6.07) is 12.9. The van der Waals surface area contributed by atoms with E-state index >= 15 is 0 Å². The van der Waals surface area contributed by atoms with Crippen molar-refractivity contribution in [2.45, 2.75) is 57.2 Å². The standard InChI is InChI=1S/C31H37F3N2O4/c1-40-25-9-10-28-27(19-25)26(13-15-35-28)29(37)11-7-22-14-17-36(20-23(22)8-12-30(38)39)16-3-5-21-4-2-6-24(18-21)31(32,33)34/h2,4,6,9-10,13,15,18-19,22-23,29,37H,3,5,7-8,11-12,14,16-17,20H2,1H3,(H,38,39)/t22?,23?,29-/m0/s1. The van der Waals surface area contributed by atoms with Gasteiger partial charge in [-0.15, -0.1) is 0 Å². The maximum Gasteiger partial charge on any atom is 0.416 e. The molecular formula is C31H37F3N2O4. The number of aryl methyl sites for hydroxylation is 1. The zero-order chi connectivity index (χ0) is 28.7. The molecule has 1 aromatic heterocycles. The van der Waals surface area contributed by atoms with Crippen molar-refractivity contribution in [1.29, 1.82) is 0 Å². The van der Waals surface area contributed by atoms with Crippen LogP contribution in [0, 0.1) is 11.8 Å². The minimum absolute atomic E-state index is 0.0938. The fraction of sp³-hybridized carbons (Fsp3) is 0.484. The van der Waals surface area contributed by atoms with Crippen LogP contribution in [-0.2, 0) is 17.4 Å². The molecule has 6 nitrogen and oxygen atoms in total. The summed E-state index contributed by atoms with van der Waals surface area (Å²) in [6.07, 6.45) is 0.842. The second kappa shape index (κ2) is 13.5. The normalized spacial score (nSPS) is 19.0. The van der Waals surface area contributed by atoms with Crippen molar-refractivity contribution in [2.24, 2.45) is 11.8 Å². The SMILES string of the molecule is COc1ccc2nccc([C@@H](O)CCC3CCN(CCCc4cccc(C(F)(F)F)c4)CC3CCC(=O)O)c2c1. The lowest BCUT2D eigenvalue weighted by Crippen LogP contribution is -2.41. The maximum atomic E-state index is 13.0. The van der Waals surface area contributed by atoms with Gasteiger partial charge in [-0.2, -0.15) is 13.2 Å². The largest absolute Gasteiger partial charge is 0.497 e. The molecule has 0 bridgehead atoms. The number of rotatable bonds is 12. The van der Waals surface area contributed by atoms with Gasteiger partial charge in [0.1, 0.15) is 5.75 Å². The molecule has 2 N–H and O–H groups in total. The topological polar surface area (TPSA) is 82.9 Å². The number of pyridine rings is 1. The Balaban J connectivity index is 1.34. The van der Waals surface area contributed by atoms with E-state index in [-0.39, 0.29) is 18.3 Å². The number of alkyl halides is 3. The molecule has 2 aromatic carbocycles. The summed E-state index contributed by atoms with van der Waals surface area (Å²) in [5, 5.41) is 21.3. The van der Waals surface area contributed by atoms with Crippen LogP contribution in [-0.4, -0.2) is 52.8 Å². The van der Waals surface area contributed by atoms with Crippen molar-refractivity contribution >= 4 is 16.9 Å². The molecule has 2 heterocycles. The summed E-state index contributed by atoms with van der Waals surface area (Å²) >= 11 is 0. The first-order valence-electron chi connectivity index (χ1n) is 13.8. The molecule has 9 heteroatoms. The highest BCUT2D eigenvalue weighted by Crippen LogP contribution is 2.35. The molecule has 2 unspecified atom stereocenters. The Morgan fingerprint density at radius 3 is 2.73 bits per heavy atom. The summed E-state index contributed by atoms with van der Waals surface area (Å²) < 4.78 is 44.4. The molecule has 0 radical (unpaired) electrons. The maximum absolute atomic E-state index is 13.0. The number of hydrogen-bond donors (Lipinski definition) is 2. The monoisotopic (exact) mass is 558 g/mol. The molecule has 1 aliphatic rings. The van der Waals surface area contributed by atoms with E-state index in [2.05, 4.69) is 9.88 Å². The smallest absolute Gasteiger partial charge is 0.416 e. The molecule has 3 aromatic rings. The third-order valence-corrected chi connectivity index (χ3v) is 8.05. The molecule has 1 aliphatic heterocycles. The van der Waals surface area contributed by atoms with E-state index in [0.717, 1.165) is 61.4 Å². The number of likely N-dealkylation sites (tertiary alicyclic amines) is 1. The lowest BCUT2D eigenvalue weighted by Gasteiger charge is -2.39. The highest BCUT2D eigenvalue weighted by molar-refractivity contribution is 5.83. The number of aliphatic carboxylic acids is 1. The van der Waals surface area contributed by atoms with Crippen molar-refractivity contribution in [3.05, 3.63) is 71.4 Å². The molecule has 216 valence electrons. The summed E-state index contributed by atoms with van der Waals surface area (Å²) in [6.45, 7) is 2.36. The quantitative estimate of drug-likeness (QED) is 0.264. The number of carbonyl (C=O) groups is 1. The van der Waals surface area contributed by atoms with Crippen LogP contribution in [0.2, 0.25) is 0 Å². The predicted octanol–water partition coefficient (Wildman–Crippen LogP) is 6.51. The lowest BCUT2D eigenvalue weighted by atomic mass is 9.79. The van der Waals surface area contributed by atoms with Gasteiger partial charge in [0.2, 0.25) is 0 Å². The van der Waals surface area contributed by atoms with E-state index in [9.17, 15) is 28.2 Å². The van der Waals surface area contributed by atoms with E-state index in [1.165, 1.54) is 12.1 Å². The molecule has 0 saturated carbocycles. The minimum Gasteiger partial charge on any atom is -0.497 e. The van der Waals surface area contributed by atoms with Gasteiger partial charge >= 0.3 is 12.1 Å². The van der Waals surface area contributed by atoms with Gasteiger partial charge < -0.3 is 19.8 Å². The van der Waals surface area contributed by atoms with Crippen molar-refractivity contribution in [1.82, 2.24) is 9.88 Å².